The second-order valence-corrected chi connectivity index (χ2v) is 6.43. The Morgan fingerprint density at radius 3 is 2.41 bits per heavy atom. The average Bonchev–Trinajstić information content (AvgIpc) is 2.74. The molecule has 0 atom stereocenters. The maximum atomic E-state index is 13.0. The lowest BCUT2D eigenvalue weighted by Gasteiger charge is -2.14. The molecule has 0 bridgehead atoms. The predicted molar refractivity (Wildman–Crippen MR) is 109 cm³/mol. The van der Waals surface area contributed by atoms with Gasteiger partial charge >= 0.3 is 0 Å². The smallest absolute Gasteiger partial charge is 0.204 e. The summed E-state index contributed by atoms with van der Waals surface area (Å²) in [5, 5.41) is 20.2. The van der Waals surface area contributed by atoms with Gasteiger partial charge in [-0.1, -0.05) is 42.5 Å². The molecule has 2 N–H and O–H groups in total. The quantitative estimate of drug-likeness (QED) is 0.523. The highest BCUT2D eigenvalue weighted by Crippen LogP contribution is 2.42. The van der Waals surface area contributed by atoms with E-state index in [-0.39, 0.29) is 46.1 Å². The van der Waals surface area contributed by atoms with Crippen molar-refractivity contribution in [2.75, 3.05) is 7.11 Å². The van der Waals surface area contributed by atoms with Crippen LogP contribution in [0, 0.1) is 0 Å². The highest BCUT2D eigenvalue weighted by atomic mass is 16.5. The molecule has 0 aliphatic rings. The van der Waals surface area contributed by atoms with E-state index in [9.17, 15) is 15.0 Å². The van der Waals surface area contributed by atoms with Gasteiger partial charge < -0.3 is 24.1 Å². The Morgan fingerprint density at radius 1 is 1.00 bits per heavy atom. The number of ether oxygens (including phenoxy) is 2. The molecular weight excluding hydrogens is 372 g/mol. The molecule has 29 heavy (non-hydrogen) atoms. The zero-order valence-corrected chi connectivity index (χ0v) is 15.6. The molecule has 6 heteroatoms. The first-order valence-electron chi connectivity index (χ1n) is 8.90. The van der Waals surface area contributed by atoms with Crippen LogP contribution in [0.25, 0.3) is 22.1 Å². The third kappa shape index (κ3) is 3.48. The number of hydrogen-bond donors (Lipinski definition) is 2. The molecule has 0 aliphatic heterocycles. The third-order valence-corrected chi connectivity index (χ3v) is 4.58. The van der Waals surface area contributed by atoms with E-state index in [0.717, 1.165) is 5.56 Å². The van der Waals surface area contributed by atoms with E-state index >= 15 is 0 Å². The predicted octanol–water partition coefficient (Wildman–Crippen LogP) is 4.46. The third-order valence-electron chi connectivity index (χ3n) is 4.58. The lowest BCUT2D eigenvalue weighted by atomic mass is 10.0. The van der Waals surface area contributed by atoms with Crippen molar-refractivity contribution < 1.29 is 24.1 Å². The van der Waals surface area contributed by atoms with Crippen LogP contribution in [-0.4, -0.2) is 17.3 Å². The SMILES string of the molecule is COc1c(OCc2ccccc2)cc2occ(-c3ccc(O)cc3)c(=O)c2c1O. The summed E-state index contributed by atoms with van der Waals surface area (Å²) >= 11 is 0. The first kappa shape index (κ1) is 18.4. The Balaban J connectivity index is 1.80. The molecule has 0 unspecified atom stereocenters. The Morgan fingerprint density at radius 2 is 1.72 bits per heavy atom. The van der Waals surface area contributed by atoms with Crippen LogP contribution in [0.15, 0.2) is 76.1 Å². The van der Waals surface area contributed by atoms with Gasteiger partial charge in [0.25, 0.3) is 0 Å². The Kier molecular flexibility index (Phi) is 4.83. The molecule has 0 amide bonds. The van der Waals surface area contributed by atoms with Crippen LogP contribution < -0.4 is 14.9 Å². The van der Waals surface area contributed by atoms with Gasteiger partial charge in [-0.05, 0) is 23.3 Å². The summed E-state index contributed by atoms with van der Waals surface area (Å²) in [6.45, 7) is 0.262. The average molecular weight is 390 g/mol. The normalized spacial score (nSPS) is 10.8. The van der Waals surface area contributed by atoms with Gasteiger partial charge in [-0.2, -0.15) is 0 Å². The van der Waals surface area contributed by atoms with Crippen molar-refractivity contribution in [2.24, 2.45) is 0 Å². The lowest BCUT2D eigenvalue weighted by molar-refractivity contribution is 0.278. The van der Waals surface area contributed by atoms with Gasteiger partial charge in [0.2, 0.25) is 11.2 Å². The van der Waals surface area contributed by atoms with Crippen LogP contribution in [0.5, 0.6) is 23.0 Å². The number of phenolic OH excluding ortho intramolecular Hbond substituents is 2. The van der Waals surface area contributed by atoms with E-state index in [1.54, 1.807) is 12.1 Å². The van der Waals surface area contributed by atoms with Crippen LogP contribution in [0.1, 0.15) is 5.56 Å². The number of rotatable bonds is 5. The van der Waals surface area contributed by atoms with Gasteiger partial charge in [-0.3, -0.25) is 4.79 Å². The topological polar surface area (TPSA) is 89.1 Å². The van der Waals surface area contributed by atoms with Crippen molar-refractivity contribution >= 4 is 11.0 Å². The van der Waals surface area contributed by atoms with Crippen LogP contribution in [0.4, 0.5) is 0 Å². The van der Waals surface area contributed by atoms with E-state index in [2.05, 4.69) is 0 Å². The summed E-state index contributed by atoms with van der Waals surface area (Å²) in [6, 6.07) is 17.2. The van der Waals surface area contributed by atoms with Gasteiger partial charge in [-0.25, -0.2) is 0 Å². The number of fused-ring (bicyclic) bond motifs is 1. The molecule has 3 aromatic carbocycles. The highest BCUT2D eigenvalue weighted by Gasteiger charge is 2.21. The second kappa shape index (κ2) is 7.59. The van der Waals surface area contributed by atoms with E-state index in [0.29, 0.717) is 5.56 Å². The molecule has 1 heterocycles. The molecule has 0 radical (unpaired) electrons. The van der Waals surface area contributed by atoms with Gasteiger partial charge in [0.1, 0.15) is 29.6 Å². The summed E-state index contributed by atoms with van der Waals surface area (Å²) in [6.07, 6.45) is 1.32. The molecule has 0 aliphatic carbocycles. The van der Waals surface area contributed by atoms with Crippen LogP contribution in [-0.2, 0) is 6.61 Å². The summed E-state index contributed by atoms with van der Waals surface area (Å²) in [5.41, 5.74) is 1.52. The fourth-order valence-corrected chi connectivity index (χ4v) is 3.11. The Bertz CT molecular complexity index is 1210. The van der Waals surface area contributed by atoms with Gasteiger partial charge in [0, 0.05) is 6.07 Å². The Hall–Kier alpha value is -3.93. The molecule has 146 valence electrons. The molecule has 0 saturated heterocycles. The molecule has 4 rings (SSSR count). The number of hydrogen-bond acceptors (Lipinski definition) is 6. The lowest BCUT2D eigenvalue weighted by Crippen LogP contribution is -2.06. The van der Waals surface area contributed by atoms with Gasteiger partial charge in [0.05, 0.1) is 12.7 Å². The molecule has 6 nitrogen and oxygen atoms in total. The molecule has 1 aromatic heterocycles. The Labute approximate surface area is 166 Å². The van der Waals surface area contributed by atoms with E-state index < -0.39 is 5.43 Å². The van der Waals surface area contributed by atoms with Crippen molar-refractivity contribution in [3.05, 3.63) is 82.7 Å². The maximum Gasteiger partial charge on any atom is 0.204 e. The van der Waals surface area contributed by atoms with E-state index in [4.69, 9.17) is 13.9 Å². The first-order valence-corrected chi connectivity index (χ1v) is 8.90. The van der Waals surface area contributed by atoms with Crippen molar-refractivity contribution in [3.8, 4) is 34.1 Å². The minimum absolute atomic E-state index is 0.000476. The molecule has 0 spiro atoms. The minimum atomic E-state index is -0.414. The van der Waals surface area contributed by atoms with Crippen LogP contribution in [0.2, 0.25) is 0 Å². The van der Waals surface area contributed by atoms with Crippen LogP contribution >= 0.6 is 0 Å². The van der Waals surface area contributed by atoms with E-state index in [1.165, 1.54) is 31.6 Å². The van der Waals surface area contributed by atoms with Crippen LogP contribution in [0.3, 0.4) is 0 Å². The van der Waals surface area contributed by atoms with Crippen molar-refractivity contribution in [3.63, 3.8) is 0 Å². The zero-order valence-electron chi connectivity index (χ0n) is 15.6. The number of aromatic hydroxyl groups is 2. The van der Waals surface area contributed by atoms with Gasteiger partial charge in [0.15, 0.2) is 11.5 Å². The second-order valence-electron chi connectivity index (χ2n) is 6.43. The first-order chi connectivity index (χ1) is 14.1. The van der Waals surface area contributed by atoms with Crippen molar-refractivity contribution in [1.29, 1.82) is 0 Å². The summed E-state index contributed by atoms with van der Waals surface area (Å²) in [5.74, 6) is 0.0663. The van der Waals surface area contributed by atoms with Crippen molar-refractivity contribution in [1.82, 2.24) is 0 Å². The summed E-state index contributed by atoms with van der Waals surface area (Å²) < 4.78 is 16.7. The fraction of sp³-hybridized carbons (Fsp3) is 0.0870. The number of methoxy groups -OCH3 is 1. The number of phenols is 2. The number of benzene rings is 3. The summed E-state index contributed by atoms with van der Waals surface area (Å²) in [4.78, 5) is 13.0. The molecule has 0 saturated carbocycles. The van der Waals surface area contributed by atoms with Gasteiger partial charge in [-0.15, -0.1) is 0 Å². The standard InChI is InChI=1S/C23H18O6/c1-27-23-19(28-12-14-5-3-2-4-6-14)11-18-20(22(23)26)21(25)17(13-29-18)15-7-9-16(24)10-8-15/h2-11,13,24,26H,12H2,1H3. The van der Waals surface area contributed by atoms with Crippen molar-refractivity contribution in [2.45, 2.75) is 6.61 Å². The highest BCUT2D eigenvalue weighted by molar-refractivity contribution is 5.91. The summed E-state index contributed by atoms with van der Waals surface area (Å²) in [7, 11) is 1.39. The molecular formula is C23H18O6. The maximum absolute atomic E-state index is 13.0. The van der Waals surface area contributed by atoms with E-state index in [1.807, 2.05) is 30.3 Å². The molecule has 4 aromatic rings. The monoisotopic (exact) mass is 390 g/mol. The minimum Gasteiger partial charge on any atom is -0.508 e. The molecule has 0 fully saturated rings. The fourth-order valence-electron chi connectivity index (χ4n) is 3.11. The largest absolute Gasteiger partial charge is 0.508 e. The zero-order chi connectivity index (χ0) is 20.4.